The van der Waals surface area contributed by atoms with Gasteiger partial charge in [-0.25, -0.2) is 0 Å². The summed E-state index contributed by atoms with van der Waals surface area (Å²) in [4.78, 5) is 36.9. The molecule has 0 heterocycles. The largest absolute Gasteiger partial charge is 0.480 e. The van der Waals surface area contributed by atoms with Gasteiger partial charge in [-0.05, 0) is 70.0 Å². The van der Waals surface area contributed by atoms with E-state index in [1.165, 1.54) is 0 Å². The molecule has 2 rings (SSSR count). The highest BCUT2D eigenvalue weighted by atomic mass is 16.5. The Bertz CT molecular complexity index is 954. The monoisotopic (exact) mass is 526 g/mol. The molecule has 0 bridgehead atoms. The lowest BCUT2D eigenvalue weighted by Gasteiger charge is -2.22. The van der Waals surface area contributed by atoms with Gasteiger partial charge in [0.05, 0.1) is 13.2 Å². The third kappa shape index (κ3) is 11.9. The Labute approximate surface area is 226 Å². The first-order chi connectivity index (χ1) is 18.4. The van der Waals surface area contributed by atoms with E-state index in [4.69, 9.17) is 9.47 Å². The van der Waals surface area contributed by atoms with Crippen LogP contribution in [-0.4, -0.2) is 60.9 Å². The SMILES string of the molecule is CCOC(=O)[C@H](CCc1ccccc1)NCCCC[C@H](N[C@@H](CCc1ccccc1)C(=O)OCC)C(=O)O. The number of carboxylic acids is 1. The summed E-state index contributed by atoms with van der Waals surface area (Å²) in [6, 6.07) is 17.7. The number of carbonyl (C=O) groups excluding carboxylic acids is 2. The van der Waals surface area contributed by atoms with Gasteiger partial charge in [-0.2, -0.15) is 0 Å². The second-order valence-corrected chi connectivity index (χ2v) is 9.17. The van der Waals surface area contributed by atoms with Crippen molar-refractivity contribution in [1.29, 1.82) is 0 Å². The smallest absolute Gasteiger partial charge is 0.323 e. The van der Waals surface area contributed by atoms with Crippen molar-refractivity contribution in [2.45, 2.75) is 76.9 Å². The molecule has 38 heavy (non-hydrogen) atoms. The van der Waals surface area contributed by atoms with Crippen molar-refractivity contribution >= 4 is 17.9 Å². The summed E-state index contributed by atoms with van der Waals surface area (Å²) in [6.45, 7) is 4.63. The molecule has 0 fully saturated rings. The Morgan fingerprint density at radius 1 is 0.711 bits per heavy atom. The molecule has 0 aliphatic carbocycles. The van der Waals surface area contributed by atoms with Gasteiger partial charge in [-0.3, -0.25) is 19.7 Å². The highest BCUT2D eigenvalue weighted by molar-refractivity contribution is 5.78. The number of carboxylic acid groups (broad SMARTS) is 1. The van der Waals surface area contributed by atoms with Gasteiger partial charge in [0, 0.05) is 0 Å². The van der Waals surface area contributed by atoms with E-state index in [-0.39, 0.29) is 12.6 Å². The van der Waals surface area contributed by atoms with Crippen LogP contribution in [0.5, 0.6) is 0 Å². The van der Waals surface area contributed by atoms with Crippen LogP contribution in [0.2, 0.25) is 0 Å². The molecule has 0 aliphatic rings. The molecule has 8 heteroatoms. The summed E-state index contributed by atoms with van der Waals surface area (Å²) in [5.74, 6) is -1.71. The highest BCUT2D eigenvalue weighted by Gasteiger charge is 2.27. The van der Waals surface area contributed by atoms with Crippen molar-refractivity contribution in [3.8, 4) is 0 Å². The molecule has 3 atom stereocenters. The number of ether oxygens (including phenoxy) is 2. The normalized spacial score (nSPS) is 13.3. The maximum absolute atomic E-state index is 12.5. The number of hydrogen-bond acceptors (Lipinski definition) is 7. The molecule has 208 valence electrons. The summed E-state index contributed by atoms with van der Waals surface area (Å²) < 4.78 is 10.4. The van der Waals surface area contributed by atoms with E-state index in [0.29, 0.717) is 51.7 Å². The quantitative estimate of drug-likeness (QED) is 0.186. The van der Waals surface area contributed by atoms with Crippen LogP contribution in [0.25, 0.3) is 0 Å². The first-order valence-electron chi connectivity index (χ1n) is 13.6. The van der Waals surface area contributed by atoms with Crippen molar-refractivity contribution in [3.05, 3.63) is 71.8 Å². The number of carbonyl (C=O) groups is 3. The number of nitrogens with one attached hydrogen (secondary N) is 2. The van der Waals surface area contributed by atoms with Crippen LogP contribution in [-0.2, 0) is 36.7 Å². The van der Waals surface area contributed by atoms with Gasteiger partial charge in [0.15, 0.2) is 0 Å². The molecule has 0 amide bonds. The number of benzene rings is 2. The second kappa shape index (κ2) is 18.1. The second-order valence-electron chi connectivity index (χ2n) is 9.17. The van der Waals surface area contributed by atoms with Crippen molar-refractivity contribution in [2.75, 3.05) is 19.8 Å². The third-order valence-corrected chi connectivity index (χ3v) is 6.28. The van der Waals surface area contributed by atoms with Crippen molar-refractivity contribution in [2.24, 2.45) is 0 Å². The summed E-state index contributed by atoms with van der Waals surface area (Å²) in [5, 5.41) is 16.1. The number of esters is 2. The van der Waals surface area contributed by atoms with Gasteiger partial charge in [0.2, 0.25) is 0 Å². The molecule has 0 saturated heterocycles. The maximum atomic E-state index is 12.5. The number of unbranched alkanes of at least 4 members (excludes halogenated alkanes) is 1. The zero-order valence-corrected chi connectivity index (χ0v) is 22.6. The fourth-order valence-corrected chi connectivity index (χ4v) is 4.24. The van der Waals surface area contributed by atoms with Crippen LogP contribution in [0, 0.1) is 0 Å². The zero-order chi connectivity index (χ0) is 27.6. The zero-order valence-electron chi connectivity index (χ0n) is 22.6. The Morgan fingerprint density at radius 2 is 1.21 bits per heavy atom. The average Bonchev–Trinajstić information content (AvgIpc) is 2.92. The number of rotatable bonds is 19. The van der Waals surface area contributed by atoms with E-state index in [9.17, 15) is 19.5 Å². The summed E-state index contributed by atoms with van der Waals surface area (Å²) in [6.07, 6.45) is 4.08. The molecule has 0 unspecified atom stereocenters. The Balaban J connectivity index is 1.85. The first kappa shape index (κ1) is 31.0. The lowest BCUT2D eigenvalue weighted by atomic mass is 10.0. The van der Waals surface area contributed by atoms with Crippen LogP contribution in [0.1, 0.15) is 57.1 Å². The number of aliphatic carboxylic acids is 1. The van der Waals surface area contributed by atoms with Gasteiger partial charge >= 0.3 is 17.9 Å². The minimum absolute atomic E-state index is 0.234. The van der Waals surface area contributed by atoms with Gasteiger partial charge in [-0.1, -0.05) is 67.1 Å². The van der Waals surface area contributed by atoms with Crippen LogP contribution in [0.4, 0.5) is 0 Å². The number of hydrogen-bond donors (Lipinski definition) is 3. The van der Waals surface area contributed by atoms with Crippen molar-refractivity contribution in [3.63, 3.8) is 0 Å². The predicted octanol–water partition coefficient (Wildman–Crippen LogP) is 3.92. The fraction of sp³-hybridized carbons (Fsp3) is 0.500. The average molecular weight is 527 g/mol. The molecule has 2 aromatic carbocycles. The molecule has 3 N–H and O–H groups in total. The first-order valence-corrected chi connectivity index (χ1v) is 13.6. The van der Waals surface area contributed by atoms with Crippen molar-refractivity contribution < 1.29 is 29.0 Å². The minimum atomic E-state index is -1.00. The van der Waals surface area contributed by atoms with Gasteiger partial charge < -0.3 is 19.9 Å². The summed E-state index contributed by atoms with van der Waals surface area (Å²) in [7, 11) is 0. The van der Waals surface area contributed by atoms with Crippen LogP contribution < -0.4 is 10.6 Å². The van der Waals surface area contributed by atoms with Crippen LogP contribution in [0.3, 0.4) is 0 Å². The number of aryl methyl sites for hydroxylation is 2. The standard InChI is InChI=1S/C30H42N2O6/c1-3-37-29(35)26(20-18-23-13-7-5-8-14-23)31-22-12-11-17-25(28(33)34)32-27(30(36)38-4-2)21-19-24-15-9-6-10-16-24/h5-10,13-16,25-27,31-32H,3-4,11-12,17-22H2,1-2H3,(H,33,34)/t25-,26-,27-/m0/s1. The van der Waals surface area contributed by atoms with E-state index in [2.05, 4.69) is 10.6 Å². The topological polar surface area (TPSA) is 114 Å². The summed E-state index contributed by atoms with van der Waals surface area (Å²) >= 11 is 0. The van der Waals surface area contributed by atoms with E-state index < -0.39 is 30.1 Å². The third-order valence-electron chi connectivity index (χ3n) is 6.28. The van der Waals surface area contributed by atoms with E-state index >= 15 is 0 Å². The van der Waals surface area contributed by atoms with Gasteiger partial charge in [0.25, 0.3) is 0 Å². The molecule has 0 radical (unpaired) electrons. The molecule has 0 saturated carbocycles. The highest BCUT2D eigenvalue weighted by Crippen LogP contribution is 2.11. The Hall–Kier alpha value is -3.23. The molecule has 0 aliphatic heterocycles. The van der Waals surface area contributed by atoms with Gasteiger partial charge in [0.1, 0.15) is 18.1 Å². The van der Waals surface area contributed by atoms with E-state index in [0.717, 1.165) is 17.5 Å². The molecule has 2 aromatic rings. The van der Waals surface area contributed by atoms with Crippen LogP contribution in [0.15, 0.2) is 60.7 Å². The van der Waals surface area contributed by atoms with Crippen LogP contribution >= 0.6 is 0 Å². The molecule has 0 spiro atoms. The maximum Gasteiger partial charge on any atom is 0.323 e. The predicted molar refractivity (Wildman–Crippen MR) is 147 cm³/mol. The van der Waals surface area contributed by atoms with E-state index in [1.807, 2.05) is 60.7 Å². The van der Waals surface area contributed by atoms with Gasteiger partial charge in [-0.15, -0.1) is 0 Å². The fourth-order valence-electron chi connectivity index (χ4n) is 4.24. The lowest BCUT2D eigenvalue weighted by molar-refractivity contribution is -0.147. The molecule has 8 nitrogen and oxygen atoms in total. The Morgan fingerprint density at radius 3 is 1.71 bits per heavy atom. The molecular formula is C30H42N2O6. The Kier molecular flexibility index (Phi) is 14.8. The molecule has 0 aromatic heterocycles. The van der Waals surface area contributed by atoms with Crippen molar-refractivity contribution in [1.82, 2.24) is 10.6 Å². The minimum Gasteiger partial charge on any atom is -0.480 e. The summed E-state index contributed by atoms with van der Waals surface area (Å²) in [5.41, 5.74) is 2.23. The molecular weight excluding hydrogens is 484 g/mol. The lowest BCUT2D eigenvalue weighted by Crippen LogP contribution is -2.48. The van der Waals surface area contributed by atoms with E-state index in [1.54, 1.807) is 13.8 Å².